The van der Waals surface area contributed by atoms with E-state index in [2.05, 4.69) is 0 Å². The Morgan fingerprint density at radius 2 is 2.20 bits per heavy atom. The molecule has 0 saturated heterocycles. The van der Waals surface area contributed by atoms with Crippen LogP contribution in [0.25, 0.3) is 10.9 Å². The molecule has 1 aliphatic heterocycles. The summed E-state index contributed by atoms with van der Waals surface area (Å²) < 4.78 is 6.57. The minimum atomic E-state index is -1.41. The van der Waals surface area contributed by atoms with Crippen LogP contribution >= 0.6 is 0 Å². The second kappa shape index (κ2) is 4.05. The first-order chi connectivity index (χ1) is 9.50. The van der Waals surface area contributed by atoms with E-state index in [1.807, 2.05) is 0 Å². The molecule has 102 valence electrons. The van der Waals surface area contributed by atoms with Crippen molar-refractivity contribution < 1.29 is 19.6 Å². The van der Waals surface area contributed by atoms with E-state index in [0.29, 0.717) is 5.75 Å². The van der Waals surface area contributed by atoms with Gasteiger partial charge in [-0.3, -0.25) is 14.9 Å². The van der Waals surface area contributed by atoms with Crippen molar-refractivity contribution in [2.75, 3.05) is 6.61 Å². The van der Waals surface area contributed by atoms with Crippen LogP contribution in [0.3, 0.4) is 0 Å². The van der Waals surface area contributed by atoms with Gasteiger partial charge in [0.05, 0.1) is 16.9 Å². The minimum Gasteiger partial charge on any atom is -0.490 e. The Morgan fingerprint density at radius 3 is 2.85 bits per heavy atom. The van der Waals surface area contributed by atoms with Crippen molar-refractivity contribution in [3.8, 4) is 5.75 Å². The lowest BCUT2D eigenvalue weighted by molar-refractivity contribution is -0.383. The monoisotopic (exact) mass is 276 g/mol. The summed E-state index contributed by atoms with van der Waals surface area (Å²) in [5.41, 5.74) is -1.17. The fraction of sp³-hybridized carbons (Fsp3) is 0.167. The molecule has 0 atom stereocenters. The molecule has 0 amide bonds. The SMILES string of the molecule is O=C(O)c1cc2c([N+](=O)[O-])ccc3c2n(c1=O)CCO3. The predicted molar refractivity (Wildman–Crippen MR) is 67.3 cm³/mol. The van der Waals surface area contributed by atoms with Crippen molar-refractivity contribution in [2.45, 2.75) is 6.54 Å². The zero-order chi connectivity index (χ0) is 14.4. The Bertz CT molecular complexity index is 823. The second-order valence-electron chi connectivity index (χ2n) is 4.27. The third-order valence-corrected chi connectivity index (χ3v) is 3.19. The van der Waals surface area contributed by atoms with Gasteiger partial charge in [0.1, 0.15) is 23.4 Å². The van der Waals surface area contributed by atoms with E-state index in [0.717, 1.165) is 6.07 Å². The average Bonchev–Trinajstić information content (AvgIpc) is 2.41. The van der Waals surface area contributed by atoms with Crippen LogP contribution in [0.5, 0.6) is 5.75 Å². The molecule has 8 nitrogen and oxygen atoms in total. The van der Waals surface area contributed by atoms with Crippen molar-refractivity contribution in [3.05, 3.63) is 44.2 Å². The van der Waals surface area contributed by atoms with Gasteiger partial charge in [-0.15, -0.1) is 0 Å². The van der Waals surface area contributed by atoms with Gasteiger partial charge in [-0.05, 0) is 12.1 Å². The molecule has 0 fully saturated rings. The maximum atomic E-state index is 12.1. The number of carboxylic acids is 1. The van der Waals surface area contributed by atoms with Gasteiger partial charge in [0.25, 0.3) is 11.2 Å². The Balaban J connectivity index is 2.54. The second-order valence-corrected chi connectivity index (χ2v) is 4.27. The topological polar surface area (TPSA) is 112 Å². The number of hydrogen-bond acceptors (Lipinski definition) is 5. The number of pyridine rings is 1. The smallest absolute Gasteiger partial charge is 0.341 e. The van der Waals surface area contributed by atoms with Gasteiger partial charge in [-0.2, -0.15) is 0 Å². The highest BCUT2D eigenvalue weighted by atomic mass is 16.6. The molecule has 0 bridgehead atoms. The molecule has 0 unspecified atom stereocenters. The Hall–Kier alpha value is -2.90. The van der Waals surface area contributed by atoms with Crippen molar-refractivity contribution in [1.29, 1.82) is 0 Å². The van der Waals surface area contributed by atoms with Crippen molar-refractivity contribution in [3.63, 3.8) is 0 Å². The largest absolute Gasteiger partial charge is 0.490 e. The summed E-state index contributed by atoms with van der Waals surface area (Å²) in [5.74, 6) is -1.07. The molecule has 0 aliphatic carbocycles. The van der Waals surface area contributed by atoms with E-state index >= 15 is 0 Å². The molecule has 0 spiro atoms. The number of nitro groups is 1. The molecule has 1 N–H and O–H groups in total. The van der Waals surface area contributed by atoms with Crippen molar-refractivity contribution in [2.24, 2.45) is 0 Å². The van der Waals surface area contributed by atoms with Crippen LogP contribution in [0.2, 0.25) is 0 Å². The van der Waals surface area contributed by atoms with Gasteiger partial charge < -0.3 is 14.4 Å². The average molecular weight is 276 g/mol. The van der Waals surface area contributed by atoms with E-state index in [1.165, 1.54) is 16.7 Å². The van der Waals surface area contributed by atoms with Crippen LogP contribution in [0.15, 0.2) is 23.0 Å². The van der Waals surface area contributed by atoms with Crippen molar-refractivity contribution >= 4 is 22.6 Å². The lowest BCUT2D eigenvalue weighted by Gasteiger charge is -2.20. The molecule has 3 rings (SSSR count). The summed E-state index contributed by atoms with van der Waals surface area (Å²) in [5, 5.41) is 20.2. The molecule has 8 heteroatoms. The molecule has 1 aliphatic rings. The number of rotatable bonds is 2. The van der Waals surface area contributed by atoms with Gasteiger partial charge in [0.15, 0.2) is 0 Å². The maximum Gasteiger partial charge on any atom is 0.341 e. The molecular formula is C12H8N2O6. The highest BCUT2D eigenvalue weighted by Gasteiger charge is 2.25. The molecule has 1 aromatic carbocycles. The molecule has 0 radical (unpaired) electrons. The number of hydrogen-bond donors (Lipinski definition) is 1. The maximum absolute atomic E-state index is 12.1. The summed E-state index contributed by atoms with van der Waals surface area (Å²) in [6.07, 6.45) is 0. The van der Waals surface area contributed by atoms with Crippen LogP contribution in [-0.4, -0.2) is 27.2 Å². The Kier molecular flexibility index (Phi) is 2.46. The number of non-ortho nitro benzene ring substituents is 1. The van der Waals surface area contributed by atoms with Crippen LogP contribution in [0.4, 0.5) is 5.69 Å². The number of nitro benzene ring substituents is 1. The van der Waals surface area contributed by atoms with Gasteiger partial charge in [0, 0.05) is 6.07 Å². The summed E-state index contributed by atoms with van der Waals surface area (Å²) >= 11 is 0. The Morgan fingerprint density at radius 1 is 1.45 bits per heavy atom. The molecular weight excluding hydrogens is 268 g/mol. The molecule has 2 aromatic rings. The van der Waals surface area contributed by atoms with Gasteiger partial charge in [-0.25, -0.2) is 4.79 Å². The van der Waals surface area contributed by atoms with Crippen LogP contribution in [0.1, 0.15) is 10.4 Å². The lowest BCUT2D eigenvalue weighted by atomic mass is 10.1. The Labute approximate surface area is 111 Å². The normalized spacial score (nSPS) is 13.0. The van der Waals surface area contributed by atoms with E-state index < -0.39 is 22.0 Å². The molecule has 0 saturated carbocycles. The standard InChI is InChI=1S/C12H8N2O6/c15-11-7(12(16)17)5-6-8(14(18)19)1-2-9-10(6)13(11)3-4-20-9/h1-2,5H,3-4H2,(H,16,17). The first kappa shape index (κ1) is 12.2. The summed E-state index contributed by atoms with van der Waals surface area (Å²) in [7, 11) is 0. The minimum absolute atomic E-state index is 0.0872. The molecule has 1 aromatic heterocycles. The first-order valence-corrected chi connectivity index (χ1v) is 5.71. The summed E-state index contributed by atoms with van der Waals surface area (Å²) in [6, 6.07) is 3.69. The van der Waals surface area contributed by atoms with E-state index in [1.54, 1.807) is 0 Å². The number of aromatic nitrogens is 1. The third kappa shape index (κ3) is 1.54. The van der Waals surface area contributed by atoms with Gasteiger partial charge in [0.2, 0.25) is 0 Å². The van der Waals surface area contributed by atoms with Crippen molar-refractivity contribution in [1.82, 2.24) is 4.57 Å². The van der Waals surface area contributed by atoms with E-state index in [4.69, 9.17) is 9.84 Å². The number of ether oxygens (including phenoxy) is 1. The van der Waals surface area contributed by atoms with Crippen LogP contribution < -0.4 is 10.3 Å². The number of carboxylic acid groups (broad SMARTS) is 1. The van der Waals surface area contributed by atoms with Crippen LogP contribution in [0, 0.1) is 10.1 Å². The third-order valence-electron chi connectivity index (χ3n) is 3.19. The highest BCUT2D eigenvalue weighted by molar-refractivity contribution is 5.98. The van der Waals surface area contributed by atoms with Gasteiger partial charge >= 0.3 is 5.97 Å². The first-order valence-electron chi connectivity index (χ1n) is 5.71. The summed E-state index contributed by atoms with van der Waals surface area (Å²) in [4.78, 5) is 33.6. The zero-order valence-electron chi connectivity index (χ0n) is 10.0. The fourth-order valence-corrected chi connectivity index (χ4v) is 2.34. The lowest BCUT2D eigenvalue weighted by Crippen LogP contribution is -2.31. The number of aromatic carboxylic acids is 1. The quantitative estimate of drug-likeness (QED) is 0.646. The van der Waals surface area contributed by atoms with Crippen LogP contribution in [-0.2, 0) is 6.54 Å². The summed E-state index contributed by atoms with van der Waals surface area (Å²) in [6.45, 7) is 0.369. The fourth-order valence-electron chi connectivity index (χ4n) is 2.34. The molecule has 2 heterocycles. The van der Waals surface area contributed by atoms with E-state index in [-0.39, 0.29) is 29.7 Å². The predicted octanol–water partition coefficient (Wildman–Crippen LogP) is 1.00. The zero-order valence-corrected chi connectivity index (χ0v) is 10.0. The number of benzene rings is 1. The highest BCUT2D eigenvalue weighted by Crippen LogP contribution is 2.34. The number of carbonyl (C=O) groups is 1. The van der Waals surface area contributed by atoms with Gasteiger partial charge in [-0.1, -0.05) is 0 Å². The number of nitrogens with zero attached hydrogens (tertiary/aromatic N) is 2. The molecule has 20 heavy (non-hydrogen) atoms. The van der Waals surface area contributed by atoms with E-state index in [9.17, 15) is 19.7 Å².